The van der Waals surface area contributed by atoms with Gasteiger partial charge in [-0.2, -0.15) is 0 Å². The maximum atomic E-state index is 13.1. The van der Waals surface area contributed by atoms with Crippen LogP contribution in [0.25, 0.3) is 11.1 Å². The van der Waals surface area contributed by atoms with Crippen LogP contribution in [0, 0.1) is 6.92 Å². The molecule has 0 bridgehead atoms. The highest BCUT2D eigenvalue weighted by atomic mass is 16.6. The molecule has 1 atom stereocenters. The minimum atomic E-state index is -0.970. The summed E-state index contributed by atoms with van der Waals surface area (Å²) >= 11 is 0. The maximum absolute atomic E-state index is 13.1. The molecule has 0 aliphatic carbocycles. The number of ketones is 1. The van der Waals surface area contributed by atoms with Crippen LogP contribution in [-0.2, 0) is 40.6 Å². The van der Waals surface area contributed by atoms with E-state index in [1.54, 1.807) is 18.7 Å². The van der Waals surface area contributed by atoms with Gasteiger partial charge in [0.15, 0.2) is 11.6 Å². The van der Waals surface area contributed by atoms with Crippen LogP contribution in [0.15, 0.2) is 78.9 Å². The molecule has 43 heavy (non-hydrogen) atoms. The fraction of sp³-hybridized carbons (Fsp3) is 0.353. The van der Waals surface area contributed by atoms with Gasteiger partial charge in [-0.25, -0.2) is 4.79 Å². The van der Waals surface area contributed by atoms with E-state index >= 15 is 0 Å². The molecule has 0 fully saturated rings. The minimum absolute atomic E-state index is 0.0780. The number of Topliss-reactive ketones (excluding diaryl/α,β-unsaturated/α-hetero) is 1. The quantitative estimate of drug-likeness (QED) is 0.252. The normalized spacial score (nSPS) is 13.8. The van der Waals surface area contributed by atoms with Crippen molar-refractivity contribution >= 4 is 11.9 Å². The monoisotopic (exact) mass is 581 g/mol. The Morgan fingerprint density at radius 2 is 1.65 bits per heavy atom. The van der Waals surface area contributed by atoms with E-state index in [4.69, 9.17) is 15.2 Å². The van der Waals surface area contributed by atoms with Gasteiger partial charge in [-0.15, -0.1) is 10.2 Å². The zero-order valence-corrected chi connectivity index (χ0v) is 25.0. The van der Waals surface area contributed by atoms with E-state index in [0.29, 0.717) is 38.0 Å². The molecule has 5 rings (SSSR count). The molecule has 1 aliphatic heterocycles. The van der Waals surface area contributed by atoms with E-state index in [-0.39, 0.29) is 31.3 Å². The van der Waals surface area contributed by atoms with Crippen LogP contribution in [0.1, 0.15) is 54.5 Å². The molecule has 0 saturated heterocycles. The summed E-state index contributed by atoms with van der Waals surface area (Å²) in [7, 11) is 0. The van der Waals surface area contributed by atoms with Crippen molar-refractivity contribution in [2.75, 3.05) is 13.2 Å². The van der Waals surface area contributed by atoms with E-state index < -0.39 is 11.6 Å². The molecular formula is C34H39N5O4. The van der Waals surface area contributed by atoms with Gasteiger partial charge in [-0.1, -0.05) is 78.9 Å². The molecule has 9 heteroatoms. The Morgan fingerprint density at radius 1 is 0.930 bits per heavy atom. The van der Waals surface area contributed by atoms with Crippen LogP contribution in [0.3, 0.4) is 0 Å². The zero-order chi connectivity index (χ0) is 30.4. The minimum Gasteiger partial charge on any atom is -0.445 e. The molecule has 1 amide bonds. The van der Waals surface area contributed by atoms with E-state index in [2.05, 4.69) is 28.4 Å². The van der Waals surface area contributed by atoms with Gasteiger partial charge in [0.2, 0.25) is 0 Å². The molecule has 0 saturated carbocycles. The molecule has 224 valence electrons. The summed E-state index contributed by atoms with van der Waals surface area (Å²) in [6.45, 7) is 7.55. The van der Waals surface area contributed by atoms with Crippen LogP contribution in [0.5, 0.6) is 0 Å². The van der Waals surface area contributed by atoms with Crippen molar-refractivity contribution in [2.45, 2.75) is 65.0 Å². The lowest BCUT2D eigenvalue weighted by molar-refractivity contribution is -0.123. The summed E-state index contributed by atoms with van der Waals surface area (Å²) in [6, 6.07) is 26.1. The van der Waals surface area contributed by atoms with Gasteiger partial charge in [-0.05, 0) is 48.6 Å². The van der Waals surface area contributed by atoms with Gasteiger partial charge >= 0.3 is 6.09 Å². The van der Waals surface area contributed by atoms with Gasteiger partial charge in [0.1, 0.15) is 12.4 Å². The molecule has 9 nitrogen and oxygen atoms in total. The lowest BCUT2D eigenvalue weighted by Gasteiger charge is -2.29. The topological polar surface area (TPSA) is 113 Å². The molecule has 0 unspecified atom stereocenters. The van der Waals surface area contributed by atoms with Crippen molar-refractivity contribution in [1.29, 1.82) is 0 Å². The van der Waals surface area contributed by atoms with Crippen molar-refractivity contribution in [3.63, 3.8) is 0 Å². The summed E-state index contributed by atoms with van der Waals surface area (Å²) in [5.74, 6) is 0.916. The number of amides is 1. The summed E-state index contributed by atoms with van der Waals surface area (Å²) in [6.07, 6.45) is -0.216. The van der Waals surface area contributed by atoms with Gasteiger partial charge in [0, 0.05) is 25.4 Å². The largest absolute Gasteiger partial charge is 0.445 e. The molecule has 2 heterocycles. The van der Waals surface area contributed by atoms with Crippen LogP contribution >= 0.6 is 0 Å². The summed E-state index contributed by atoms with van der Waals surface area (Å²) in [5.41, 5.74) is 10.5. The lowest BCUT2D eigenvalue weighted by Crippen LogP contribution is -2.43. The second kappa shape index (κ2) is 13.3. The fourth-order valence-corrected chi connectivity index (χ4v) is 5.24. The summed E-state index contributed by atoms with van der Waals surface area (Å²) < 4.78 is 13.8. The van der Waals surface area contributed by atoms with Gasteiger partial charge < -0.3 is 19.8 Å². The molecule has 3 aromatic carbocycles. The molecule has 2 N–H and O–H groups in total. The third kappa shape index (κ3) is 7.36. The Morgan fingerprint density at radius 3 is 2.37 bits per heavy atom. The van der Waals surface area contributed by atoms with Gasteiger partial charge in [0.05, 0.1) is 25.3 Å². The van der Waals surface area contributed by atoms with Crippen molar-refractivity contribution in [3.05, 3.63) is 107 Å². The predicted molar refractivity (Wildman–Crippen MR) is 164 cm³/mol. The first-order valence-corrected chi connectivity index (χ1v) is 14.6. The van der Waals surface area contributed by atoms with E-state index in [9.17, 15) is 9.59 Å². The number of nitrogens with zero attached hydrogens (tertiary/aromatic N) is 4. The molecule has 0 spiro atoms. The summed E-state index contributed by atoms with van der Waals surface area (Å²) in [4.78, 5) is 27.6. The van der Waals surface area contributed by atoms with Crippen molar-refractivity contribution in [3.8, 4) is 11.1 Å². The first kappa shape index (κ1) is 30.1. The molecule has 1 aliphatic rings. The van der Waals surface area contributed by atoms with Gasteiger partial charge in [0.25, 0.3) is 0 Å². The van der Waals surface area contributed by atoms with Crippen LogP contribution in [0.2, 0.25) is 0 Å². The number of carbonyl (C=O) groups excluding carboxylic acids is 2. The first-order chi connectivity index (χ1) is 20.7. The van der Waals surface area contributed by atoms with Crippen molar-refractivity contribution < 1.29 is 19.1 Å². The van der Waals surface area contributed by atoms with Crippen LogP contribution < -0.4 is 5.73 Å². The van der Waals surface area contributed by atoms with Gasteiger partial charge in [-0.3, -0.25) is 9.69 Å². The number of rotatable bonds is 11. The Hall–Kier alpha value is -4.34. The van der Waals surface area contributed by atoms with E-state index in [0.717, 1.165) is 27.8 Å². The number of benzene rings is 3. The lowest BCUT2D eigenvalue weighted by atomic mass is 9.91. The zero-order valence-electron chi connectivity index (χ0n) is 25.0. The number of hydrogen-bond donors (Lipinski definition) is 1. The second-order valence-electron chi connectivity index (χ2n) is 11.6. The maximum Gasteiger partial charge on any atom is 0.410 e. The average Bonchev–Trinajstić information content (AvgIpc) is 3.43. The number of nitrogens with two attached hydrogens (primary N) is 1. The summed E-state index contributed by atoms with van der Waals surface area (Å²) in [5, 5.41) is 8.85. The number of hydrogen-bond acceptors (Lipinski definition) is 7. The molecule has 1 aromatic heterocycles. The van der Waals surface area contributed by atoms with E-state index in [1.807, 2.05) is 72.2 Å². The second-order valence-corrected chi connectivity index (χ2v) is 11.6. The Labute approximate surface area is 252 Å². The number of ether oxygens (including phenoxy) is 2. The highest BCUT2D eigenvalue weighted by Gasteiger charge is 2.32. The highest BCUT2D eigenvalue weighted by molar-refractivity contribution is 5.87. The third-order valence-corrected chi connectivity index (χ3v) is 7.87. The highest BCUT2D eigenvalue weighted by Crippen LogP contribution is 2.27. The first-order valence-electron chi connectivity index (χ1n) is 14.6. The van der Waals surface area contributed by atoms with E-state index in [1.165, 1.54) is 0 Å². The molecule has 0 radical (unpaired) electrons. The standard InChI is InChI=1S/C34H39N5O4/c1-24-27(15-10-16-29(24)26-13-8-5-9-14-26)23-43-33(41)38-17-18-39-31(20-38)36-37-32(39)28(19-30(40)34(2,3)35)22-42-21-25-11-6-4-7-12-25/h4-16,28H,17-23,35H2,1-3H3/t28-/m1/s1. The number of fused-ring (bicyclic) bond motifs is 1. The fourth-order valence-electron chi connectivity index (χ4n) is 5.24. The van der Waals surface area contributed by atoms with Crippen molar-refractivity contribution in [2.24, 2.45) is 5.73 Å². The number of aromatic nitrogens is 3. The Kier molecular flexibility index (Phi) is 9.33. The van der Waals surface area contributed by atoms with Crippen LogP contribution in [-0.4, -0.2) is 50.2 Å². The SMILES string of the molecule is Cc1c(COC(=O)N2CCn3c(nnc3[C@@H](COCc3ccccc3)CC(=O)C(C)(C)N)C2)cccc1-c1ccccc1. The van der Waals surface area contributed by atoms with Crippen molar-refractivity contribution in [1.82, 2.24) is 19.7 Å². The Balaban J connectivity index is 1.24. The predicted octanol–water partition coefficient (Wildman–Crippen LogP) is 5.40. The third-order valence-electron chi connectivity index (χ3n) is 7.87. The molecular weight excluding hydrogens is 542 g/mol. The molecule has 4 aromatic rings. The number of carbonyl (C=O) groups is 2. The Bertz CT molecular complexity index is 1550. The van der Waals surface area contributed by atoms with Crippen LogP contribution in [0.4, 0.5) is 4.79 Å². The smallest absolute Gasteiger partial charge is 0.410 e. The average molecular weight is 582 g/mol.